The topological polar surface area (TPSA) is 57.5 Å². The van der Waals surface area contributed by atoms with E-state index in [4.69, 9.17) is 10.2 Å². The summed E-state index contributed by atoms with van der Waals surface area (Å²) >= 11 is 0. The molecular formula is C31H64O3. The molecule has 0 heterocycles. The number of unbranched alkanes of at least 4 members (excludes halogenated alkanes) is 20. The lowest BCUT2D eigenvalue weighted by molar-refractivity contribution is -0.137. The lowest BCUT2D eigenvalue weighted by Crippen LogP contribution is -1.93. The Kier molecular flexibility index (Phi) is 33.9. The maximum absolute atomic E-state index is 10.2. The van der Waals surface area contributed by atoms with Gasteiger partial charge >= 0.3 is 5.97 Å². The summed E-state index contributed by atoms with van der Waals surface area (Å²) < 4.78 is 0. The molecule has 0 amide bonds. The standard InChI is InChI=1S/C19H40O.C12H24O2/c1-3-19(2)17-15-13-11-9-7-5-4-6-8-10-12-14-16-18-20;1-2-3-4-5-6-7-8-9-10-11-12(13)14/h19-20H,3-18H2,1-2H3;2-11H2,1H3,(H,13,14). The van der Waals surface area contributed by atoms with Crippen LogP contribution in [0.2, 0.25) is 0 Å². The smallest absolute Gasteiger partial charge is 0.303 e. The fraction of sp³-hybridized carbons (Fsp3) is 0.968. The molecule has 0 radical (unpaired) electrons. The summed E-state index contributed by atoms with van der Waals surface area (Å²) in [7, 11) is 0. The van der Waals surface area contributed by atoms with Crippen LogP contribution in [0.3, 0.4) is 0 Å². The van der Waals surface area contributed by atoms with E-state index in [1.54, 1.807) is 0 Å². The van der Waals surface area contributed by atoms with Gasteiger partial charge in [-0.15, -0.1) is 0 Å². The van der Waals surface area contributed by atoms with Crippen molar-refractivity contribution in [2.45, 2.75) is 181 Å². The highest BCUT2D eigenvalue weighted by molar-refractivity contribution is 5.66. The van der Waals surface area contributed by atoms with Crippen LogP contribution in [0, 0.1) is 5.92 Å². The van der Waals surface area contributed by atoms with E-state index < -0.39 is 5.97 Å². The number of aliphatic hydroxyl groups excluding tert-OH is 1. The van der Waals surface area contributed by atoms with Gasteiger partial charge in [-0.3, -0.25) is 4.79 Å². The first kappa shape index (κ1) is 35.6. The molecule has 206 valence electrons. The highest BCUT2D eigenvalue weighted by Crippen LogP contribution is 2.15. The van der Waals surface area contributed by atoms with Crippen LogP contribution < -0.4 is 0 Å². The summed E-state index contributed by atoms with van der Waals surface area (Å²) in [5.74, 6) is 0.278. The first-order valence-corrected chi connectivity index (χ1v) is 15.4. The zero-order valence-corrected chi connectivity index (χ0v) is 23.8. The quantitative estimate of drug-likeness (QED) is 0.120. The highest BCUT2D eigenvalue weighted by atomic mass is 16.4. The molecule has 0 spiro atoms. The van der Waals surface area contributed by atoms with E-state index in [0.717, 1.165) is 25.2 Å². The SMILES string of the molecule is CCC(C)CCCCCCCCCCCCCCCO.CCCCCCCCCCCC(=O)O. The Hall–Kier alpha value is -0.570. The summed E-state index contributed by atoms with van der Waals surface area (Å²) in [6.45, 7) is 7.28. The fourth-order valence-corrected chi connectivity index (χ4v) is 4.34. The normalized spacial score (nSPS) is 11.8. The van der Waals surface area contributed by atoms with Gasteiger partial charge in [-0.25, -0.2) is 0 Å². The van der Waals surface area contributed by atoms with Crippen molar-refractivity contribution in [1.29, 1.82) is 0 Å². The summed E-state index contributed by atoms with van der Waals surface area (Å²) in [5, 5.41) is 17.1. The van der Waals surface area contributed by atoms with Gasteiger partial charge in [-0.05, 0) is 18.8 Å². The molecule has 34 heavy (non-hydrogen) atoms. The molecule has 3 nitrogen and oxygen atoms in total. The second-order valence-electron chi connectivity index (χ2n) is 10.6. The van der Waals surface area contributed by atoms with Crippen LogP contribution in [0.15, 0.2) is 0 Å². The van der Waals surface area contributed by atoms with Crippen LogP contribution in [0.1, 0.15) is 181 Å². The predicted molar refractivity (Wildman–Crippen MR) is 151 cm³/mol. The van der Waals surface area contributed by atoms with Gasteiger partial charge in [0, 0.05) is 13.0 Å². The zero-order chi connectivity index (χ0) is 25.5. The minimum Gasteiger partial charge on any atom is -0.481 e. The lowest BCUT2D eigenvalue weighted by Gasteiger charge is -2.07. The second-order valence-corrected chi connectivity index (χ2v) is 10.6. The van der Waals surface area contributed by atoms with Crippen LogP contribution in [0.4, 0.5) is 0 Å². The van der Waals surface area contributed by atoms with E-state index in [2.05, 4.69) is 20.8 Å². The Balaban J connectivity index is 0. The van der Waals surface area contributed by atoms with Crippen molar-refractivity contribution in [2.75, 3.05) is 6.61 Å². The van der Waals surface area contributed by atoms with E-state index in [0.29, 0.717) is 13.0 Å². The van der Waals surface area contributed by atoms with Gasteiger partial charge in [0.15, 0.2) is 0 Å². The molecule has 0 saturated heterocycles. The third-order valence-electron chi connectivity index (χ3n) is 7.05. The molecular weight excluding hydrogens is 420 g/mol. The number of aliphatic carboxylic acids is 1. The average molecular weight is 485 g/mol. The number of carboxylic acid groups (broad SMARTS) is 1. The van der Waals surface area contributed by atoms with Crippen molar-refractivity contribution in [1.82, 2.24) is 0 Å². The Morgan fingerprint density at radius 3 is 1.26 bits per heavy atom. The molecule has 0 aromatic rings. The first-order chi connectivity index (χ1) is 16.6. The van der Waals surface area contributed by atoms with E-state index in [-0.39, 0.29) is 0 Å². The minimum absolute atomic E-state index is 0.343. The molecule has 0 rings (SSSR count). The summed E-state index contributed by atoms with van der Waals surface area (Å²) in [4.78, 5) is 10.2. The van der Waals surface area contributed by atoms with E-state index >= 15 is 0 Å². The number of hydrogen-bond acceptors (Lipinski definition) is 2. The summed E-state index contributed by atoms with van der Waals surface area (Å²) in [5.41, 5.74) is 0. The minimum atomic E-state index is -0.659. The van der Waals surface area contributed by atoms with Crippen molar-refractivity contribution in [3.05, 3.63) is 0 Å². The average Bonchev–Trinajstić information content (AvgIpc) is 2.83. The van der Waals surface area contributed by atoms with E-state index in [1.807, 2.05) is 0 Å². The third kappa shape index (κ3) is 36.0. The molecule has 0 aliphatic rings. The Bertz CT molecular complexity index is 370. The number of carboxylic acids is 1. The zero-order valence-electron chi connectivity index (χ0n) is 23.8. The molecule has 1 unspecified atom stereocenters. The number of hydrogen-bond donors (Lipinski definition) is 2. The molecule has 2 N–H and O–H groups in total. The fourth-order valence-electron chi connectivity index (χ4n) is 4.34. The van der Waals surface area contributed by atoms with Crippen LogP contribution in [-0.4, -0.2) is 22.8 Å². The Morgan fingerprint density at radius 1 is 0.559 bits per heavy atom. The van der Waals surface area contributed by atoms with Gasteiger partial charge in [0.2, 0.25) is 0 Å². The number of rotatable bonds is 26. The van der Waals surface area contributed by atoms with E-state index in [9.17, 15) is 4.79 Å². The highest BCUT2D eigenvalue weighted by Gasteiger charge is 1.99. The summed E-state index contributed by atoms with van der Waals surface area (Å²) in [6, 6.07) is 0. The largest absolute Gasteiger partial charge is 0.481 e. The van der Waals surface area contributed by atoms with Crippen molar-refractivity contribution in [3.63, 3.8) is 0 Å². The maximum Gasteiger partial charge on any atom is 0.303 e. The summed E-state index contributed by atoms with van der Waals surface area (Å²) in [6.07, 6.45) is 32.1. The first-order valence-electron chi connectivity index (χ1n) is 15.4. The van der Waals surface area contributed by atoms with Crippen molar-refractivity contribution in [2.24, 2.45) is 5.92 Å². The van der Waals surface area contributed by atoms with Crippen LogP contribution >= 0.6 is 0 Å². The second kappa shape index (κ2) is 32.4. The van der Waals surface area contributed by atoms with Gasteiger partial charge in [0.1, 0.15) is 0 Å². The Morgan fingerprint density at radius 2 is 0.912 bits per heavy atom. The van der Waals surface area contributed by atoms with Gasteiger partial charge < -0.3 is 10.2 Å². The van der Waals surface area contributed by atoms with Crippen LogP contribution in [-0.2, 0) is 4.79 Å². The number of aliphatic hydroxyl groups is 1. The van der Waals surface area contributed by atoms with E-state index in [1.165, 1.54) is 135 Å². The van der Waals surface area contributed by atoms with Gasteiger partial charge in [-0.2, -0.15) is 0 Å². The van der Waals surface area contributed by atoms with Crippen molar-refractivity contribution < 1.29 is 15.0 Å². The molecule has 0 fully saturated rings. The van der Waals surface area contributed by atoms with Gasteiger partial charge in [0.25, 0.3) is 0 Å². The van der Waals surface area contributed by atoms with Gasteiger partial charge in [-0.1, -0.05) is 162 Å². The van der Waals surface area contributed by atoms with Crippen LogP contribution in [0.25, 0.3) is 0 Å². The molecule has 1 atom stereocenters. The number of carbonyl (C=O) groups is 1. The molecule has 0 aromatic heterocycles. The molecule has 0 bridgehead atoms. The molecule has 0 aliphatic heterocycles. The van der Waals surface area contributed by atoms with Crippen molar-refractivity contribution in [3.8, 4) is 0 Å². The van der Waals surface area contributed by atoms with Crippen molar-refractivity contribution >= 4 is 5.97 Å². The Labute approximate surface area is 214 Å². The predicted octanol–water partition coefficient (Wildman–Crippen LogP) is 10.5. The maximum atomic E-state index is 10.2. The molecule has 0 aromatic carbocycles. The monoisotopic (exact) mass is 484 g/mol. The third-order valence-corrected chi connectivity index (χ3v) is 7.05. The van der Waals surface area contributed by atoms with Gasteiger partial charge in [0.05, 0.1) is 0 Å². The molecule has 3 heteroatoms. The lowest BCUT2D eigenvalue weighted by atomic mass is 9.99. The molecule has 0 saturated carbocycles. The van der Waals surface area contributed by atoms with Crippen LogP contribution in [0.5, 0.6) is 0 Å². The molecule has 0 aliphatic carbocycles.